The molecule has 8 unspecified atom stereocenters. The average Bonchev–Trinajstić information content (AvgIpc) is 3.04. The Hall–Kier alpha value is -3.17. The number of aliphatic hydroxyl groups excluding tert-OH is 7. The molecule has 10 atom stereocenters. The van der Waals surface area contributed by atoms with E-state index < -0.39 is 66.5 Å². The van der Waals surface area contributed by atoms with E-state index in [4.69, 9.17) is 9.47 Å². The third-order valence-corrected chi connectivity index (χ3v) is 8.63. The maximum Gasteiger partial charge on any atom is 0.309 e. The third-order valence-electron chi connectivity index (χ3n) is 8.63. The zero-order valence-corrected chi connectivity index (χ0v) is 29.2. The lowest BCUT2D eigenvalue weighted by molar-refractivity contribution is -0.281. The number of ether oxygens (including phenoxy) is 2. The Morgan fingerprint density at radius 2 is 1.29 bits per heavy atom. The fourth-order valence-corrected chi connectivity index (χ4v) is 5.84. The number of aliphatic carboxylic acids is 1. The molecule has 2 rings (SSSR count). The van der Waals surface area contributed by atoms with Crippen molar-refractivity contribution in [3.05, 3.63) is 97.4 Å². The second-order valence-electron chi connectivity index (χ2n) is 13.2. The van der Waals surface area contributed by atoms with Crippen molar-refractivity contribution in [2.45, 2.75) is 125 Å². The summed E-state index contributed by atoms with van der Waals surface area (Å²) in [6.07, 6.45) is 16.2. The van der Waals surface area contributed by atoms with Crippen molar-refractivity contribution in [3.8, 4) is 0 Å². The van der Waals surface area contributed by atoms with Crippen LogP contribution in [0.1, 0.15) is 70.6 Å². The minimum Gasteiger partial charge on any atom is -0.498 e. The molecule has 2 bridgehead atoms. The average molecular weight is 719 g/mol. The van der Waals surface area contributed by atoms with Crippen LogP contribution >= 0.6 is 0 Å². The molecule has 9 N–H and O–H groups in total. The highest BCUT2D eigenvalue weighted by Crippen LogP contribution is 2.37. The number of carboxylic acid groups (broad SMARTS) is 1. The molecule has 2 aliphatic rings. The first kappa shape index (κ1) is 44.0. The number of rotatable bonds is 1. The molecule has 51 heavy (non-hydrogen) atoms. The summed E-state index contributed by atoms with van der Waals surface area (Å²) >= 11 is 0. The minimum atomic E-state index is -1.92. The SMILES string of the molecule is C=C1CC(O)CC(O)CCC(O)C(O)CC(O)CC2(O)CC[C@@H](C(=O)O)C(CC(O)/C=C/C=C/C=C/C=C/C=C/C=C/C=C/C[C@@H](O)CCO1)O2. The normalized spacial score (nSPS) is 39.7. The number of hydrogen-bond donors (Lipinski definition) is 9. The Bertz CT molecular complexity index is 1240. The fourth-order valence-electron chi connectivity index (χ4n) is 5.84. The second kappa shape index (κ2) is 24.1. The molecule has 0 aliphatic carbocycles. The Balaban J connectivity index is 2.07. The van der Waals surface area contributed by atoms with Gasteiger partial charge in [-0.1, -0.05) is 91.6 Å². The highest BCUT2D eigenvalue weighted by atomic mass is 16.6. The lowest BCUT2D eigenvalue weighted by Gasteiger charge is -2.42. The molecular formula is C39H58O12. The molecule has 1 fully saturated rings. The standard InChI is InChI=1S/C39H58O12/c1-28-23-32(43)24-31(42)17-18-35(45)36(46)25-33(44)27-39(49)21-19-34(38(47)48)37(51-39)26-30(41)16-14-12-10-8-6-4-2-3-5-7-9-11-13-15-29(40)20-22-50-28/h2-14,16,29-37,40-46,49H,1,15,17-27H2,(H,47,48)/b4-2+,5-3+,8-6+,9-7+,12-10+,13-11+,16-14+/t29-,30?,31?,32?,33?,34-,35?,36?,37?,39?/m1/s1. The van der Waals surface area contributed by atoms with E-state index in [9.17, 15) is 50.8 Å². The Kier molecular flexibility index (Phi) is 20.8. The zero-order valence-electron chi connectivity index (χ0n) is 29.2. The summed E-state index contributed by atoms with van der Waals surface area (Å²) in [5, 5.41) is 94.0. The van der Waals surface area contributed by atoms with E-state index in [1.165, 1.54) is 6.08 Å². The summed E-state index contributed by atoms with van der Waals surface area (Å²) in [6, 6.07) is 0. The Labute approximate surface area is 301 Å². The van der Waals surface area contributed by atoms with Gasteiger partial charge in [0.2, 0.25) is 0 Å². The van der Waals surface area contributed by atoms with E-state index >= 15 is 0 Å². The largest absolute Gasteiger partial charge is 0.498 e. The Morgan fingerprint density at radius 1 is 0.686 bits per heavy atom. The molecular weight excluding hydrogens is 660 g/mol. The van der Waals surface area contributed by atoms with Crippen molar-refractivity contribution in [3.63, 3.8) is 0 Å². The molecule has 0 radical (unpaired) electrons. The van der Waals surface area contributed by atoms with Gasteiger partial charge in [0, 0.05) is 38.5 Å². The van der Waals surface area contributed by atoms with Crippen molar-refractivity contribution < 1.29 is 60.2 Å². The van der Waals surface area contributed by atoms with Gasteiger partial charge in [-0.15, -0.1) is 0 Å². The van der Waals surface area contributed by atoms with Crippen LogP contribution in [0.5, 0.6) is 0 Å². The van der Waals surface area contributed by atoms with Crippen LogP contribution in [0.4, 0.5) is 0 Å². The maximum absolute atomic E-state index is 11.9. The minimum absolute atomic E-state index is 0.0264. The van der Waals surface area contributed by atoms with E-state index in [2.05, 4.69) is 6.58 Å². The summed E-state index contributed by atoms with van der Waals surface area (Å²) in [5.74, 6) is -3.73. The highest BCUT2D eigenvalue weighted by molar-refractivity contribution is 5.70. The molecule has 0 aromatic carbocycles. The number of carbonyl (C=O) groups is 1. The van der Waals surface area contributed by atoms with Gasteiger partial charge in [0.25, 0.3) is 0 Å². The topological polar surface area (TPSA) is 218 Å². The van der Waals surface area contributed by atoms with Crippen LogP contribution in [0.2, 0.25) is 0 Å². The maximum atomic E-state index is 11.9. The van der Waals surface area contributed by atoms with Crippen LogP contribution in [-0.4, -0.2) is 113 Å². The van der Waals surface area contributed by atoms with E-state index in [0.717, 1.165) is 0 Å². The summed E-state index contributed by atoms with van der Waals surface area (Å²) in [5.41, 5.74) is 0. The van der Waals surface area contributed by atoms with Crippen molar-refractivity contribution >= 4 is 5.97 Å². The molecule has 0 amide bonds. The summed E-state index contributed by atoms with van der Waals surface area (Å²) in [6.45, 7) is 4.00. The molecule has 286 valence electrons. The van der Waals surface area contributed by atoms with Crippen LogP contribution in [0, 0.1) is 5.92 Å². The van der Waals surface area contributed by atoms with Crippen molar-refractivity contribution in [2.75, 3.05) is 6.61 Å². The van der Waals surface area contributed by atoms with Gasteiger partial charge in [-0.3, -0.25) is 4.79 Å². The third kappa shape index (κ3) is 19.3. The van der Waals surface area contributed by atoms with Gasteiger partial charge in [-0.2, -0.15) is 0 Å². The molecule has 0 aromatic heterocycles. The smallest absolute Gasteiger partial charge is 0.309 e. The van der Waals surface area contributed by atoms with E-state index in [0.29, 0.717) is 18.6 Å². The predicted molar refractivity (Wildman–Crippen MR) is 193 cm³/mol. The van der Waals surface area contributed by atoms with Gasteiger partial charge in [-0.05, 0) is 32.1 Å². The van der Waals surface area contributed by atoms with Gasteiger partial charge < -0.3 is 55.4 Å². The number of aliphatic hydroxyl groups is 8. The van der Waals surface area contributed by atoms with Gasteiger partial charge in [0.15, 0.2) is 5.79 Å². The number of carboxylic acids is 1. The summed E-state index contributed by atoms with van der Waals surface area (Å²) in [7, 11) is 0. The fraction of sp³-hybridized carbons (Fsp3) is 0.564. The van der Waals surface area contributed by atoms with Crippen LogP contribution in [0.25, 0.3) is 0 Å². The first-order valence-electron chi connectivity index (χ1n) is 17.6. The molecule has 12 heteroatoms. The zero-order chi connectivity index (χ0) is 37.6. The van der Waals surface area contributed by atoms with Crippen LogP contribution in [0.3, 0.4) is 0 Å². The van der Waals surface area contributed by atoms with Gasteiger partial charge in [0.1, 0.15) is 0 Å². The second-order valence-corrected chi connectivity index (χ2v) is 13.2. The number of allylic oxidation sites excluding steroid dienone is 12. The first-order valence-corrected chi connectivity index (χ1v) is 17.6. The number of fused-ring (bicyclic) bond motifs is 2. The van der Waals surface area contributed by atoms with E-state index in [-0.39, 0.29) is 64.4 Å². The predicted octanol–water partition coefficient (Wildman–Crippen LogP) is 3.03. The molecule has 12 nitrogen and oxygen atoms in total. The molecule has 0 saturated carbocycles. The molecule has 2 heterocycles. The van der Waals surface area contributed by atoms with Crippen LogP contribution < -0.4 is 0 Å². The molecule has 0 aromatic rings. The first-order chi connectivity index (χ1) is 24.3. The van der Waals surface area contributed by atoms with E-state index in [1.54, 1.807) is 24.3 Å². The highest BCUT2D eigenvalue weighted by Gasteiger charge is 2.45. The quantitative estimate of drug-likeness (QED) is 0.191. The summed E-state index contributed by atoms with van der Waals surface area (Å²) in [4.78, 5) is 11.9. The van der Waals surface area contributed by atoms with Crippen LogP contribution in [-0.2, 0) is 14.3 Å². The van der Waals surface area contributed by atoms with Gasteiger partial charge >= 0.3 is 5.97 Å². The lowest BCUT2D eigenvalue weighted by atomic mass is 9.85. The lowest BCUT2D eigenvalue weighted by Crippen LogP contribution is -2.50. The monoisotopic (exact) mass is 718 g/mol. The van der Waals surface area contributed by atoms with Crippen molar-refractivity contribution in [2.24, 2.45) is 5.92 Å². The van der Waals surface area contributed by atoms with Gasteiger partial charge in [-0.25, -0.2) is 0 Å². The Morgan fingerprint density at radius 3 is 1.92 bits per heavy atom. The molecule has 2 aliphatic heterocycles. The van der Waals surface area contributed by atoms with Crippen molar-refractivity contribution in [1.29, 1.82) is 0 Å². The van der Waals surface area contributed by atoms with E-state index in [1.807, 2.05) is 54.7 Å². The van der Waals surface area contributed by atoms with Crippen molar-refractivity contribution in [1.82, 2.24) is 0 Å². The number of hydrogen-bond acceptors (Lipinski definition) is 11. The summed E-state index contributed by atoms with van der Waals surface area (Å²) < 4.78 is 11.3. The molecule has 1 saturated heterocycles. The van der Waals surface area contributed by atoms with Crippen LogP contribution in [0.15, 0.2) is 97.4 Å². The molecule has 0 spiro atoms. The van der Waals surface area contributed by atoms with Gasteiger partial charge in [0.05, 0.1) is 67.1 Å².